The molecule has 0 atom stereocenters. The average molecular weight is 324 g/mol. The quantitative estimate of drug-likeness (QED) is 0.683. The minimum atomic E-state index is -0.418. The van der Waals surface area contributed by atoms with E-state index in [1.807, 2.05) is 24.3 Å². The zero-order chi connectivity index (χ0) is 16.7. The largest absolute Gasteiger partial charge is 0.354 e. The first-order valence-corrected chi connectivity index (χ1v) is 7.82. The number of H-pyrrole nitrogens is 1. The molecular weight excluding hydrogens is 303 g/mol. The molecule has 0 aliphatic carbocycles. The predicted molar refractivity (Wildman–Crippen MR) is 98.6 cm³/mol. The third-order valence-corrected chi connectivity index (χ3v) is 4.42. The van der Waals surface area contributed by atoms with Gasteiger partial charge in [-0.3, -0.25) is 4.79 Å². The van der Waals surface area contributed by atoms with Gasteiger partial charge in [-0.05, 0) is 35.2 Å². The summed E-state index contributed by atoms with van der Waals surface area (Å²) in [7, 11) is 0. The number of aromatic nitrogens is 1. The standard InChI is InChI=1S/C20H15FN2O.3H2/c1-2-3-12-4-6-13(7-5-12)19-15-8-9-22-20(24)16-10-14(21)11-17(23-19)18(15)16;;;/h1,4-7,10-11,23H,3,8-9H2,(H,22,24);3*1H. The van der Waals surface area contributed by atoms with Gasteiger partial charge in [-0.15, -0.1) is 12.3 Å². The Morgan fingerprint density at radius 1 is 1.25 bits per heavy atom. The number of aromatic amines is 1. The second-order valence-electron chi connectivity index (χ2n) is 5.94. The van der Waals surface area contributed by atoms with Gasteiger partial charge in [0.1, 0.15) is 5.82 Å². The number of hydrogen-bond acceptors (Lipinski definition) is 1. The van der Waals surface area contributed by atoms with Gasteiger partial charge < -0.3 is 10.3 Å². The Balaban J connectivity index is 0.00000121. The van der Waals surface area contributed by atoms with Crippen molar-refractivity contribution in [3.63, 3.8) is 0 Å². The molecule has 0 bridgehead atoms. The van der Waals surface area contributed by atoms with E-state index >= 15 is 0 Å². The first-order valence-electron chi connectivity index (χ1n) is 7.82. The average Bonchev–Trinajstić information content (AvgIpc) is 2.84. The van der Waals surface area contributed by atoms with E-state index in [1.165, 1.54) is 12.1 Å². The van der Waals surface area contributed by atoms with Crippen LogP contribution in [0.3, 0.4) is 0 Å². The highest BCUT2D eigenvalue weighted by Crippen LogP contribution is 2.34. The fourth-order valence-electron chi connectivity index (χ4n) is 3.34. The first kappa shape index (κ1) is 14.5. The molecule has 2 heterocycles. The molecule has 124 valence electrons. The lowest BCUT2D eigenvalue weighted by Gasteiger charge is -2.05. The zero-order valence-corrected chi connectivity index (χ0v) is 12.9. The molecule has 1 amide bonds. The van der Waals surface area contributed by atoms with Crippen LogP contribution >= 0.6 is 0 Å². The smallest absolute Gasteiger partial charge is 0.252 e. The molecule has 1 aliphatic rings. The van der Waals surface area contributed by atoms with Crippen molar-refractivity contribution in [2.45, 2.75) is 12.8 Å². The van der Waals surface area contributed by atoms with Gasteiger partial charge in [0.15, 0.2) is 0 Å². The molecule has 1 aromatic heterocycles. The summed E-state index contributed by atoms with van der Waals surface area (Å²) in [6, 6.07) is 10.7. The van der Waals surface area contributed by atoms with Crippen LogP contribution in [0.2, 0.25) is 0 Å². The maximum Gasteiger partial charge on any atom is 0.252 e. The van der Waals surface area contributed by atoms with Crippen molar-refractivity contribution in [1.82, 2.24) is 10.3 Å². The van der Waals surface area contributed by atoms with Crippen molar-refractivity contribution in [2.75, 3.05) is 6.54 Å². The van der Waals surface area contributed by atoms with E-state index in [4.69, 9.17) is 6.42 Å². The highest BCUT2D eigenvalue weighted by atomic mass is 19.1. The van der Waals surface area contributed by atoms with Gasteiger partial charge in [-0.2, -0.15) is 0 Å². The topological polar surface area (TPSA) is 44.9 Å². The second kappa shape index (κ2) is 5.54. The summed E-state index contributed by atoms with van der Waals surface area (Å²) in [6.07, 6.45) is 6.64. The molecule has 0 spiro atoms. The number of benzene rings is 2. The molecule has 1 aliphatic heterocycles. The number of amides is 1. The monoisotopic (exact) mass is 324 g/mol. The summed E-state index contributed by atoms with van der Waals surface area (Å²) in [6.45, 7) is 0.532. The van der Waals surface area contributed by atoms with Gasteiger partial charge in [0.25, 0.3) is 5.91 Å². The number of carbonyl (C=O) groups is 1. The van der Waals surface area contributed by atoms with Crippen LogP contribution in [0.25, 0.3) is 22.2 Å². The molecule has 0 saturated carbocycles. The van der Waals surface area contributed by atoms with Crippen LogP contribution < -0.4 is 5.32 Å². The van der Waals surface area contributed by atoms with Crippen LogP contribution in [0.4, 0.5) is 4.39 Å². The Labute approximate surface area is 143 Å². The maximum absolute atomic E-state index is 13.9. The van der Waals surface area contributed by atoms with E-state index in [1.54, 1.807) is 0 Å². The van der Waals surface area contributed by atoms with Gasteiger partial charge in [0, 0.05) is 33.8 Å². The van der Waals surface area contributed by atoms with Crippen LogP contribution in [0.5, 0.6) is 0 Å². The molecule has 0 fully saturated rings. The SMILES string of the molecule is C#CCc1ccc(-c2[nH]c3cc(F)cc4c3c2CCNC4=O)cc1.[HH].[HH].[HH]. The van der Waals surface area contributed by atoms with Crippen molar-refractivity contribution >= 4 is 16.8 Å². The fraction of sp³-hybridized carbons (Fsp3) is 0.150. The van der Waals surface area contributed by atoms with Crippen molar-refractivity contribution in [3.8, 4) is 23.6 Å². The van der Waals surface area contributed by atoms with E-state index < -0.39 is 5.82 Å². The lowest BCUT2D eigenvalue weighted by atomic mass is 9.99. The summed E-state index contributed by atoms with van der Waals surface area (Å²) in [4.78, 5) is 15.5. The molecular formula is C20H21FN2O. The Hall–Kier alpha value is -3.06. The van der Waals surface area contributed by atoms with Crippen molar-refractivity contribution in [1.29, 1.82) is 0 Å². The first-order chi connectivity index (χ1) is 11.7. The van der Waals surface area contributed by atoms with E-state index in [9.17, 15) is 9.18 Å². The lowest BCUT2D eigenvalue weighted by molar-refractivity contribution is 0.0957. The second-order valence-corrected chi connectivity index (χ2v) is 5.94. The minimum absolute atomic E-state index is 0. The van der Waals surface area contributed by atoms with E-state index in [-0.39, 0.29) is 10.2 Å². The molecule has 0 radical (unpaired) electrons. The van der Waals surface area contributed by atoms with Crippen LogP contribution in [-0.2, 0) is 12.8 Å². The van der Waals surface area contributed by atoms with Crippen LogP contribution in [0.15, 0.2) is 36.4 Å². The van der Waals surface area contributed by atoms with Gasteiger partial charge >= 0.3 is 0 Å². The number of hydrogen-bond donors (Lipinski definition) is 2. The van der Waals surface area contributed by atoms with E-state index in [0.29, 0.717) is 30.5 Å². The predicted octanol–water partition coefficient (Wildman–Crippen LogP) is 4.17. The van der Waals surface area contributed by atoms with Gasteiger partial charge in [0.2, 0.25) is 0 Å². The molecule has 3 aromatic rings. The van der Waals surface area contributed by atoms with Gasteiger partial charge in [0.05, 0.1) is 5.56 Å². The maximum atomic E-state index is 13.9. The minimum Gasteiger partial charge on any atom is -0.354 e. The van der Waals surface area contributed by atoms with Crippen LogP contribution in [0, 0.1) is 18.2 Å². The number of terminal acetylenes is 1. The molecule has 2 aromatic carbocycles. The number of nitrogens with one attached hydrogen (secondary N) is 2. The Kier molecular flexibility index (Phi) is 3.35. The third kappa shape index (κ3) is 2.26. The van der Waals surface area contributed by atoms with Crippen molar-refractivity contribution in [3.05, 3.63) is 58.9 Å². The number of halogens is 1. The van der Waals surface area contributed by atoms with Gasteiger partial charge in [-0.25, -0.2) is 4.39 Å². The normalized spacial score (nSPS) is 13.4. The Bertz CT molecular complexity index is 1010. The van der Waals surface area contributed by atoms with E-state index in [2.05, 4.69) is 16.2 Å². The summed E-state index contributed by atoms with van der Waals surface area (Å²) >= 11 is 0. The zero-order valence-electron chi connectivity index (χ0n) is 12.9. The summed E-state index contributed by atoms with van der Waals surface area (Å²) < 4.78 is 13.9. The third-order valence-electron chi connectivity index (χ3n) is 4.42. The molecule has 3 nitrogen and oxygen atoms in total. The fourth-order valence-corrected chi connectivity index (χ4v) is 3.34. The highest BCUT2D eigenvalue weighted by Gasteiger charge is 2.23. The lowest BCUT2D eigenvalue weighted by Crippen LogP contribution is -2.23. The summed E-state index contributed by atoms with van der Waals surface area (Å²) in [5.74, 6) is 1.98. The summed E-state index contributed by atoms with van der Waals surface area (Å²) in [5.41, 5.74) is 5.10. The molecule has 0 unspecified atom stereocenters. The Morgan fingerprint density at radius 3 is 2.79 bits per heavy atom. The van der Waals surface area contributed by atoms with Crippen molar-refractivity contribution in [2.24, 2.45) is 0 Å². The molecule has 4 rings (SSSR count). The molecule has 2 N–H and O–H groups in total. The number of rotatable bonds is 2. The molecule has 4 heteroatoms. The van der Waals surface area contributed by atoms with Gasteiger partial charge in [-0.1, -0.05) is 24.3 Å². The number of carbonyl (C=O) groups excluding carboxylic acids is 1. The highest BCUT2D eigenvalue weighted by molar-refractivity contribution is 6.10. The van der Waals surface area contributed by atoms with E-state index in [0.717, 1.165) is 27.8 Å². The van der Waals surface area contributed by atoms with Crippen molar-refractivity contribution < 1.29 is 13.5 Å². The Morgan fingerprint density at radius 2 is 2.04 bits per heavy atom. The van der Waals surface area contributed by atoms with Crippen LogP contribution in [0.1, 0.15) is 25.8 Å². The van der Waals surface area contributed by atoms with Crippen LogP contribution in [-0.4, -0.2) is 17.4 Å². The molecule has 0 saturated heterocycles. The summed E-state index contributed by atoms with van der Waals surface area (Å²) in [5, 5.41) is 3.64. The molecule has 24 heavy (non-hydrogen) atoms.